The number of aromatic hydroxyl groups is 1. The van der Waals surface area contributed by atoms with E-state index in [1.165, 1.54) is 12.1 Å². The van der Waals surface area contributed by atoms with Gasteiger partial charge in [0, 0.05) is 18.5 Å². The molecule has 3 aromatic carbocycles. The van der Waals surface area contributed by atoms with Crippen LogP contribution in [0.15, 0.2) is 48.5 Å². The lowest BCUT2D eigenvalue weighted by Crippen LogP contribution is -2.27. The molecular formula is C20H19N3O4. The number of benzene rings is 3. The van der Waals surface area contributed by atoms with Crippen molar-refractivity contribution in [2.45, 2.75) is 0 Å². The van der Waals surface area contributed by atoms with Crippen LogP contribution in [-0.4, -0.2) is 31.5 Å². The summed E-state index contributed by atoms with van der Waals surface area (Å²) in [5, 5.41) is 13.6. The van der Waals surface area contributed by atoms with Crippen LogP contribution >= 0.6 is 0 Å². The molecule has 138 valence electrons. The van der Waals surface area contributed by atoms with Crippen LogP contribution in [0.4, 0.5) is 11.4 Å². The number of methoxy groups -OCH3 is 1. The molecule has 0 aromatic heterocycles. The number of carbonyl (C=O) groups excluding carboxylic acids is 2. The minimum Gasteiger partial charge on any atom is -0.505 e. The number of amides is 1. The summed E-state index contributed by atoms with van der Waals surface area (Å²) in [6.07, 6.45) is 0.597. The fourth-order valence-corrected chi connectivity index (χ4v) is 2.96. The quantitative estimate of drug-likeness (QED) is 0.458. The maximum Gasteiger partial charge on any atom is 0.250 e. The lowest BCUT2D eigenvalue weighted by molar-refractivity contribution is 0.100. The van der Waals surface area contributed by atoms with Crippen LogP contribution in [0.5, 0.6) is 11.5 Å². The summed E-state index contributed by atoms with van der Waals surface area (Å²) in [6, 6.07) is 13.8. The first-order valence-corrected chi connectivity index (χ1v) is 8.14. The van der Waals surface area contributed by atoms with Gasteiger partial charge in [0.05, 0.1) is 23.9 Å². The van der Waals surface area contributed by atoms with E-state index in [0.29, 0.717) is 23.4 Å². The molecule has 0 aliphatic rings. The Balaban J connectivity index is 2.12. The van der Waals surface area contributed by atoms with Crippen LogP contribution in [-0.2, 0) is 0 Å². The fourth-order valence-electron chi connectivity index (χ4n) is 2.96. The van der Waals surface area contributed by atoms with E-state index in [2.05, 4.69) is 5.43 Å². The Morgan fingerprint density at radius 3 is 2.63 bits per heavy atom. The van der Waals surface area contributed by atoms with E-state index in [4.69, 9.17) is 10.5 Å². The number of nitrogens with zero attached hydrogens (tertiary/aromatic N) is 1. The third-order valence-corrected chi connectivity index (χ3v) is 4.27. The number of anilines is 2. The van der Waals surface area contributed by atoms with Gasteiger partial charge < -0.3 is 15.6 Å². The molecule has 0 atom stereocenters. The molecule has 0 spiro atoms. The zero-order valence-corrected chi connectivity index (χ0v) is 14.9. The molecule has 3 rings (SSSR count). The van der Waals surface area contributed by atoms with Gasteiger partial charge in [0.1, 0.15) is 11.4 Å². The number of nitrogens with one attached hydrogen (secondary N) is 1. The summed E-state index contributed by atoms with van der Waals surface area (Å²) in [6.45, 7) is 0. The van der Waals surface area contributed by atoms with Crippen molar-refractivity contribution in [1.29, 1.82) is 0 Å². The molecule has 0 heterocycles. The van der Waals surface area contributed by atoms with Gasteiger partial charge in [0.15, 0.2) is 12.0 Å². The van der Waals surface area contributed by atoms with Crippen molar-refractivity contribution in [2.24, 2.45) is 5.73 Å². The van der Waals surface area contributed by atoms with E-state index in [9.17, 15) is 14.7 Å². The summed E-state index contributed by atoms with van der Waals surface area (Å²) in [5.41, 5.74) is 9.73. The Kier molecular flexibility index (Phi) is 4.85. The Morgan fingerprint density at radius 1 is 1.22 bits per heavy atom. The molecule has 1 amide bonds. The average molecular weight is 365 g/mol. The average Bonchev–Trinajstić information content (AvgIpc) is 2.66. The third kappa shape index (κ3) is 3.35. The van der Waals surface area contributed by atoms with Gasteiger partial charge in [-0.1, -0.05) is 24.3 Å². The highest BCUT2D eigenvalue weighted by atomic mass is 16.5. The number of carbonyl (C=O) groups is 2. The molecule has 0 saturated carbocycles. The highest BCUT2D eigenvalue weighted by Gasteiger charge is 2.18. The molecule has 0 unspecified atom stereocenters. The van der Waals surface area contributed by atoms with Crippen LogP contribution in [0.25, 0.3) is 10.8 Å². The highest BCUT2D eigenvalue weighted by Crippen LogP contribution is 2.38. The van der Waals surface area contributed by atoms with Crippen LogP contribution in [0.1, 0.15) is 20.7 Å². The van der Waals surface area contributed by atoms with E-state index >= 15 is 0 Å². The molecule has 7 heteroatoms. The van der Waals surface area contributed by atoms with Gasteiger partial charge >= 0.3 is 0 Å². The number of fused-ring (bicyclic) bond motifs is 1. The van der Waals surface area contributed by atoms with Crippen molar-refractivity contribution in [3.8, 4) is 11.5 Å². The molecule has 3 aromatic rings. The van der Waals surface area contributed by atoms with Gasteiger partial charge in [0.25, 0.3) is 5.91 Å². The molecule has 0 radical (unpaired) electrons. The lowest BCUT2D eigenvalue weighted by atomic mass is 10.0. The number of phenolic OH excluding ortho intramolecular Hbond substituents is 1. The highest BCUT2D eigenvalue weighted by molar-refractivity contribution is 6.04. The van der Waals surface area contributed by atoms with Crippen molar-refractivity contribution in [1.82, 2.24) is 0 Å². The number of primary amides is 1. The Bertz CT molecular complexity index is 1030. The molecule has 0 aliphatic carbocycles. The smallest absolute Gasteiger partial charge is 0.250 e. The van der Waals surface area contributed by atoms with Gasteiger partial charge in [-0.2, -0.15) is 0 Å². The minimum absolute atomic E-state index is 0.165. The molecule has 0 bridgehead atoms. The second-order valence-corrected chi connectivity index (χ2v) is 5.95. The van der Waals surface area contributed by atoms with Gasteiger partial charge in [-0.3, -0.25) is 20.0 Å². The molecule has 0 saturated heterocycles. The van der Waals surface area contributed by atoms with E-state index in [1.807, 2.05) is 24.3 Å². The molecule has 0 aliphatic heterocycles. The maximum absolute atomic E-state index is 11.7. The van der Waals surface area contributed by atoms with E-state index in [0.717, 1.165) is 10.8 Å². The Morgan fingerprint density at radius 2 is 1.96 bits per heavy atom. The fraction of sp³-hybridized carbons (Fsp3) is 0.100. The largest absolute Gasteiger partial charge is 0.505 e. The first-order valence-electron chi connectivity index (χ1n) is 8.14. The number of phenols is 1. The van der Waals surface area contributed by atoms with Crippen molar-refractivity contribution in [3.63, 3.8) is 0 Å². The van der Waals surface area contributed by atoms with Gasteiger partial charge in [-0.15, -0.1) is 0 Å². The van der Waals surface area contributed by atoms with Crippen LogP contribution < -0.4 is 20.9 Å². The summed E-state index contributed by atoms with van der Waals surface area (Å²) in [4.78, 5) is 23.1. The number of rotatable bonds is 6. The Labute approximate surface area is 155 Å². The molecule has 27 heavy (non-hydrogen) atoms. The zero-order valence-electron chi connectivity index (χ0n) is 14.9. The SMILES string of the molecule is COc1ccc(C(N)=O)c(NN(C)c2c(O)c(C=O)cc3ccccc23)c1. The number of hydrogen-bond acceptors (Lipinski definition) is 6. The minimum atomic E-state index is -0.607. The van der Waals surface area contributed by atoms with Crippen LogP contribution in [0, 0.1) is 0 Å². The Hall–Kier alpha value is -3.74. The van der Waals surface area contributed by atoms with E-state index in [-0.39, 0.29) is 16.9 Å². The number of hydrazine groups is 1. The molecule has 4 N–H and O–H groups in total. The first-order chi connectivity index (χ1) is 13.0. The van der Waals surface area contributed by atoms with Gasteiger partial charge in [-0.05, 0) is 23.6 Å². The van der Waals surface area contributed by atoms with Crippen LogP contribution in [0.3, 0.4) is 0 Å². The monoisotopic (exact) mass is 365 g/mol. The van der Waals surface area contributed by atoms with E-state index in [1.54, 1.807) is 31.3 Å². The number of aldehydes is 1. The maximum atomic E-state index is 11.7. The van der Waals surface area contributed by atoms with Crippen molar-refractivity contribution in [2.75, 3.05) is 24.6 Å². The molecule has 7 nitrogen and oxygen atoms in total. The lowest BCUT2D eigenvalue weighted by Gasteiger charge is -2.26. The van der Waals surface area contributed by atoms with Crippen molar-refractivity contribution >= 4 is 34.3 Å². The standard InChI is InChI=1S/C20H19N3O4/c1-23(22-17-10-14(27-2)7-8-16(17)20(21)26)18-15-6-4-3-5-12(15)9-13(11-24)19(18)25/h3-11,22,25H,1-2H3,(H2,21,26). The van der Waals surface area contributed by atoms with Gasteiger partial charge in [-0.25, -0.2) is 0 Å². The summed E-state index contributed by atoms with van der Waals surface area (Å²) < 4.78 is 5.20. The zero-order chi connectivity index (χ0) is 19.6. The summed E-state index contributed by atoms with van der Waals surface area (Å²) in [7, 11) is 3.18. The first kappa shape index (κ1) is 18.1. The predicted octanol–water partition coefficient (Wildman–Crippen LogP) is 2.93. The topological polar surface area (TPSA) is 105 Å². The normalized spacial score (nSPS) is 10.4. The van der Waals surface area contributed by atoms with E-state index < -0.39 is 5.91 Å². The third-order valence-electron chi connectivity index (χ3n) is 4.27. The molecule has 0 fully saturated rings. The van der Waals surface area contributed by atoms with Crippen molar-refractivity contribution < 1.29 is 19.4 Å². The van der Waals surface area contributed by atoms with Crippen molar-refractivity contribution in [3.05, 3.63) is 59.7 Å². The predicted molar refractivity (Wildman–Crippen MR) is 105 cm³/mol. The summed E-state index contributed by atoms with van der Waals surface area (Å²) >= 11 is 0. The number of ether oxygens (including phenoxy) is 1. The second kappa shape index (κ2) is 7.25. The summed E-state index contributed by atoms with van der Waals surface area (Å²) in [5.74, 6) is -0.238. The molecular weight excluding hydrogens is 346 g/mol. The second-order valence-electron chi connectivity index (χ2n) is 5.95. The van der Waals surface area contributed by atoms with Crippen LogP contribution in [0.2, 0.25) is 0 Å². The number of hydrogen-bond donors (Lipinski definition) is 3. The van der Waals surface area contributed by atoms with Gasteiger partial charge in [0.2, 0.25) is 0 Å². The number of nitrogens with two attached hydrogens (primary N) is 1.